The second-order valence-corrected chi connectivity index (χ2v) is 5.20. The van der Waals surface area contributed by atoms with E-state index in [1.165, 1.54) is 11.6 Å². The van der Waals surface area contributed by atoms with Crippen LogP contribution in [0, 0.1) is 0 Å². The summed E-state index contributed by atoms with van der Waals surface area (Å²) in [5.74, 6) is 0. The van der Waals surface area contributed by atoms with Crippen LogP contribution in [0.15, 0.2) is 28.2 Å². The van der Waals surface area contributed by atoms with Gasteiger partial charge in [-0.3, -0.25) is 18.6 Å². The van der Waals surface area contributed by atoms with Gasteiger partial charge in [0, 0.05) is 45.5 Å². The molecule has 8 nitrogen and oxygen atoms in total. The van der Waals surface area contributed by atoms with Crippen LogP contribution in [0.3, 0.4) is 0 Å². The van der Waals surface area contributed by atoms with Gasteiger partial charge in [-0.25, -0.2) is 9.78 Å². The van der Waals surface area contributed by atoms with Crippen LogP contribution in [0.2, 0.25) is 0 Å². The Morgan fingerprint density at radius 1 is 1.18 bits per heavy atom. The van der Waals surface area contributed by atoms with Crippen LogP contribution in [0.25, 0.3) is 11.2 Å². The fraction of sp³-hybridized carbons (Fsp3) is 0.429. The first-order valence-corrected chi connectivity index (χ1v) is 7.16. The zero-order chi connectivity index (χ0) is 15.9. The number of hydrogen-bond acceptors (Lipinski definition) is 4. The molecule has 0 saturated carbocycles. The fourth-order valence-corrected chi connectivity index (χ4v) is 2.66. The third-order valence-corrected chi connectivity index (χ3v) is 3.93. The fourth-order valence-electron chi connectivity index (χ4n) is 2.66. The average molecular weight is 302 g/mol. The molecule has 22 heavy (non-hydrogen) atoms. The first-order chi connectivity index (χ1) is 10.5. The third-order valence-electron chi connectivity index (χ3n) is 3.93. The van der Waals surface area contributed by atoms with Gasteiger partial charge >= 0.3 is 5.69 Å². The highest BCUT2D eigenvalue weighted by Gasteiger charge is 2.14. The number of rotatable bonds is 4. The predicted octanol–water partition coefficient (Wildman–Crippen LogP) is -0.107. The van der Waals surface area contributed by atoms with Crippen molar-refractivity contribution in [2.75, 3.05) is 0 Å². The van der Waals surface area contributed by atoms with Crippen LogP contribution in [0.1, 0.15) is 12.6 Å². The second kappa shape index (κ2) is 5.28. The van der Waals surface area contributed by atoms with Crippen molar-refractivity contribution in [3.8, 4) is 0 Å². The highest BCUT2D eigenvalue weighted by Crippen LogP contribution is 2.08. The molecule has 8 heteroatoms. The summed E-state index contributed by atoms with van der Waals surface area (Å²) in [6, 6.07) is 1.97. The Hall–Kier alpha value is -2.64. The Kier molecular flexibility index (Phi) is 3.44. The van der Waals surface area contributed by atoms with Gasteiger partial charge in [0.25, 0.3) is 5.56 Å². The minimum Gasteiger partial charge on any atom is -0.324 e. The monoisotopic (exact) mass is 302 g/mol. The minimum atomic E-state index is -0.369. The molecule has 0 N–H and O–H groups in total. The Morgan fingerprint density at radius 3 is 2.68 bits per heavy atom. The molecule has 0 saturated heterocycles. The highest BCUT2D eigenvalue weighted by atomic mass is 16.2. The Balaban J connectivity index is 2.02. The molecule has 0 amide bonds. The van der Waals surface area contributed by atoms with E-state index in [2.05, 4.69) is 10.1 Å². The summed E-state index contributed by atoms with van der Waals surface area (Å²) in [6.07, 6.45) is 4.12. The summed E-state index contributed by atoms with van der Waals surface area (Å²) in [5.41, 5.74) is 1.28. The minimum absolute atomic E-state index is 0.320. The lowest BCUT2D eigenvalue weighted by Crippen LogP contribution is -2.37. The van der Waals surface area contributed by atoms with Gasteiger partial charge in [-0.15, -0.1) is 0 Å². The van der Waals surface area contributed by atoms with Crippen molar-refractivity contribution in [1.29, 1.82) is 0 Å². The molecule has 0 spiro atoms. The van der Waals surface area contributed by atoms with Crippen LogP contribution in [0.4, 0.5) is 0 Å². The van der Waals surface area contributed by atoms with Crippen LogP contribution < -0.4 is 11.2 Å². The molecule has 0 aliphatic rings. The number of aromatic nitrogens is 6. The van der Waals surface area contributed by atoms with Crippen LogP contribution in [0.5, 0.6) is 0 Å². The van der Waals surface area contributed by atoms with E-state index in [4.69, 9.17) is 0 Å². The van der Waals surface area contributed by atoms with Crippen molar-refractivity contribution in [3.05, 3.63) is 45.1 Å². The van der Waals surface area contributed by atoms with Gasteiger partial charge in [0.2, 0.25) is 0 Å². The van der Waals surface area contributed by atoms with Crippen LogP contribution in [-0.2, 0) is 33.6 Å². The smallest absolute Gasteiger partial charge is 0.324 e. The SMILES string of the molecule is CCn1nccc1CCn1cnc2c1c(=O)n(C)c(=O)n2C. The predicted molar refractivity (Wildman–Crippen MR) is 81.8 cm³/mol. The van der Waals surface area contributed by atoms with Crippen molar-refractivity contribution in [2.24, 2.45) is 14.1 Å². The zero-order valence-electron chi connectivity index (χ0n) is 12.9. The van der Waals surface area contributed by atoms with E-state index >= 15 is 0 Å². The van der Waals surface area contributed by atoms with Crippen molar-refractivity contribution < 1.29 is 0 Å². The number of aryl methyl sites for hydroxylation is 4. The maximum absolute atomic E-state index is 12.3. The molecular weight excluding hydrogens is 284 g/mol. The topological polar surface area (TPSA) is 79.6 Å². The first-order valence-electron chi connectivity index (χ1n) is 7.16. The van der Waals surface area contributed by atoms with Crippen molar-refractivity contribution in [3.63, 3.8) is 0 Å². The van der Waals surface area contributed by atoms with E-state index in [0.29, 0.717) is 17.7 Å². The van der Waals surface area contributed by atoms with E-state index < -0.39 is 0 Å². The lowest BCUT2D eigenvalue weighted by atomic mass is 10.3. The van der Waals surface area contributed by atoms with Gasteiger partial charge in [-0.2, -0.15) is 5.10 Å². The van der Waals surface area contributed by atoms with E-state index in [1.807, 2.05) is 17.7 Å². The Labute approximate surface area is 126 Å². The van der Waals surface area contributed by atoms with Gasteiger partial charge in [-0.05, 0) is 13.0 Å². The molecule has 0 aliphatic carbocycles. The van der Waals surface area contributed by atoms with Crippen molar-refractivity contribution in [1.82, 2.24) is 28.5 Å². The van der Waals surface area contributed by atoms with E-state index in [-0.39, 0.29) is 11.2 Å². The van der Waals surface area contributed by atoms with Gasteiger partial charge in [0.05, 0.1) is 6.33 Å². The summed E-state index contributed by atoms with van der Waals surface area (Å²) in [7, 11) is 3.10. The lowest BCUT2D eigenvalue weighted by Gasteiger charge is -2.07. The molecule has 3 heterocycles. The molecular formula is C14H18N6O2. The standard InChI is InChI=1S/C14H18N6O2/c1-4-20-10(5-7-16-20)6-8-19-9-15-12-11(19)13(21)18(3)14(22)17(12)2/h5,7,9H,4,6,8H2,1-3H3. The molecule has 0 unspecified atom stereocenters. The van der Waals surface area contributed by atoms with Crippen molar-refractivity contribution in [2.45, 2.75) is 26.4 Å². The van der Waals surface area contributed by atoms with Crippen LogP contribution >= 0.6 is 0 Å². The molecule has 0 radical (unpaired) electrons. The second-order valence-electron chi connectivity index (χ2n) is 5.20. The summed E-state index contributed by atoms with van der Waals surface area (Å²) >= 11 is 0. The number of imidazole rings is 1. The summed E-state index contributed by atoms with van der Waals surface area (Å²) < 4.78 is 6.22. The lowest BCUT2D eigenvalue weighted by molar-refractivity contribution is 0.593. The molecule has 0 bridgehead atoms. The highest BCUT2D eigenvalue weighted by molar-refractivity contribution is 5.69. The molecule has 3 aromatic rings. The number of fused-ring (bicyclic) bond motifs is 1. The maximum atomic E-state index is 12.3. The third kappa shape index (κ3) is 2.07. The molecule has 116 valence electrons. The molecule has 0 fully saturated rings. The van der Waals surface area contributed by atoms with Gasteiger partial charge < -0.3 is 4.57 Å². The Bertz CT molecular complexity index is 943. The van der Waals surface area contributed by atoms with Gasteiger partial charge in [0.1, 0.15) is 0 Å². The number of hydrogen-bond donors (Lipinski definition) is 0. The molecule has 0 aliphatic heterocycles. The molecule has 3 rings (SSSR count). The normalized spacial score (nSPS) is 11.4. The van der Waals surface area contributed by atoms with Crippen LogP contribution in [-0.4, -0.2) is 28.5 Å². The van der Waals surface area contributed by atoms with E-state index in [9.17, 15) is 9.59 Å². The summed E-state index contributed by atoms with van der Waals surface area (Å²) in [4.78, 5) is 28.5. The number of nitrogens with zero attached hydrogens (tertiary/aromatic N) is 6. The summed E-state index contributed by atoms with van der Waals surface area (Å²) in [5, 5.41) is 4.23. The molecule has 0 atom stereocenters. The molecule has 3 aromatic heterocycles. The summed E-state index contributed by atoms with van der Waals surface area (Å²) in [6.45, 7) is 3.45. The Morgan fingerprint density at radius 2 is 1.95 bits per heavy atom. The van der Waals surface area contributed by atoms with E-state index in [0.717, 1.165) is 23.2 Å². The quantitative estimate of drug-likeness (QED) is 0.674. The van der Waals surface area contributed by atoms with Gasteiger partial charge in [0.15, 0.2) is 11.2 Å². The van der Waals surface area contributed by atoms with E-state index in [1.54, 1.807) is 24.1 Å². The molecule has 0 aromatic carbocycles. The van der Waals surface area contributed by atoms with Crippen molar-refractivity contribution >= 4 is 11.2 Å². The average Bonchev–Trinajstić information content (AvgIpc) is 3.14. The largest absolute Gasteiger partial charge is 0.332 e. The maximum Gasteiger partial charge on any atom is 0.332 e. The zero-order valence-corrected chi connectivity index (χ0v) is 12.9. The first kappa shape index (κ1) is 14.3. The van der Waals surface area contributed by atoms with Gasteiger partial charge in [-0.1, -0.05) is 0 Å².